The molecule has 4 heteroatoms. The van der Waals surface area contributed by atoms with E-state index in [1.165, 1.54) is 16.7 Å². The smallest absolute Gasteiger partial charge is 0.410 e. The molecule has 1 N–H and O–H groups in total. The van der Waals surface area contributed by atoms with Crippen LogP contribution >= 0.6 is 0 Å². The highest BCUT2D eigenvalue weighted by Crippen LogP contribution is 2.32. The monoisotopic (exact) mass is 305 g/mol. The van der Waals surface area contributed by atoms with Gasteiger partial charge in [-0.2, -0.15) is 0 Å². The summed E-state index contributed by atoms with van der Waals surface area (Å²) in [6.45, 7) is 10.7. The molecule has 122 valence electrons. The highest BCUT2D eigenvalue weighted by Gasteiger charge is 2.33. The van der Waals surface area contributed by atoms with E-state index in [1.54, 1.807) is 4.90 Å². The van der Waals surface area contributed by atoms with Gasteiger partial charge in [-0.05, 0) is 57.7 Å². The Bertz CT molecular complexity index is 548. The number of rotatable bonds is 1. The highest BCUT2D eigenvalue weighted by atomic mass is 16.6. The molecule has 0 aliphatic carbocycles. The maximum absolute atomic E-state index is 12.1. The summed E-state index contributed by atoms with van der Waals surface area (Å²) in [6.07, 6.45) is -0.141. The molecule has 1 aliphatic heterocycles. The molecule has 1 amide bonds. The second-order valence-electron chi connectivity index (χ2n) is 7.18. The normalized spacial score (nSPS) is 22.5. The molecule has 1 aromatic carbocycles. The van der Waals surface area contributed by atoms with Gasteiger partial charge in [-0.3, -0.25) is 0 Å². The topological polar surface area (TPSA) is 49.8 Å². The first kappa shape index (κ1) is 16.8. The van der Waals surface area contributed by atoms with Crippen LogP contribution in [0.2, 0.25) is 0 Å². The molecule has 0 unspecified atom stereocenters. The fourth-order valence-electron chi connectivity index (χ4n) is 2.96. The molecule has 22 heavy (non-hydrogen) atoms. The van der Waals surface area contributed by atoms with Crippen molar-refractivity contribution in [3.8, 4) is 0 Å². The fraction of sp³-hybridized carbons (Fsp3) is 0.611. The van der Waals surface area contributed by atoms with Crippen LogP contribution < -0.4 is 0 Å². The lowest BCUT2D eigenvalue weighted by Crippen LogP contribution is -2.47. The van der Waals surface area contributed by atoms with Crippen molar-refractivity contribution < 1.29 is 14.6 Å². The number of nitrogens with zero attached hydrogens (tertiary/aromatic N) is 1. The van der Waals surface area contributed by atoms with Gasteiger partial charge in [-0.1, -0.05) is 18.2 Å². The first-order valence-electron chi connectivity index (χ1n) is 7.91. The van der Waals surface area contributed by atoms with Crippen molar-refractivity contribution in [3.63, 3.8) is 0 Å². The largest absolute Gasteiger partial charge is 0.444 e. The molecule has 1 saturated heterocycles. The third kappa shape index (κ3) is 3.80. The lowest BCUT2D eigenvalue weighted by molar-refractivity contribution is -0.00157. The van der Waals surface area contributed by atoms with E-state index in [1.807, 2.05) is 26.8 Å². The summed E-state index contributed by atoms with van der Waals surface area (Å²) in [5, 5.41) is 10.5. The highest BCUT2D eigenvalue weighted by molar-refractivity contribution is 5.68. The average molecular weight is 305 g/mol. The van der Waals surface area contributed by atoms with Crippen LogP contribution in [0.25, 0.3) is 0 Å². The minimum absolute atomic E-state index is 0.0820. The Morgan fingerprint density at radius 1 is 1.32 bits per heavy atom. The average Bonchev–Trinajstić information content (AvgIpc) is 2.40. The lowest BCUT2D eigenvalue weighted by Gasteiger charge is -2.37. The number of carbonyl (C=O) groups is 1. The van der Waals surface area contributed by atoms with Crippen molar-refractivity contribution >= 4 is 6.09 Å². The first-order chi connectivity index (χ1) is 10.2. The van der Waals surface area contributed by atoms with E-state index >= 15 is 0 Å². The summed E-state index contributed by atoms with van der Waals surface area (Å²) >= 11 is 0. The van der Waals surface area contributed by atoms with Gasteiger partial charge >= 0.3 is 6.09 Å². The summed E-state index contributed by atoms with van der Waals surface area (Å²) in [4.78, 5) is 13.7. The van der Waals surface area contributed by atoms with Gasteiger partial charge in [0.15, 0.2) is 0 Å². The number of aryl methyl sites for hydroxylation is 1. The number of hydrogen-bond donors (Lipinski definition) is 1. The molecule has 0 saturated carbocycles. The number of β-amino-alcohol motifs (C(OH)–C–C–N with tert-alkyl or cyclic N) is 1. The van der Waals surface area contributed by atoms with Crippen LogP contribution in [0.15, 0.2) is 18.2 Å². The lowest BCUT2D eigenvalue weighted by atomic mass is 9.84. The molecule has 0 aromatic heterocycles. The molecule has 0 spiro atoms. The summed E-state index contributed by atoms with van der Waals surface area (Å²) < 4.78 is 5.39. The second-order valence-corrected chi connectivity index (χ2v) is 7.18. The van der Waals surface area contributed by atoms with Gasteiger partial charge in [0.05, 0.1) is 12.6 Å². The maximum Gasteiger partial charge on any atom is 0.410 e. The number of piperidine rings is 1. The van der Waals surface area contributed by atoms with E-state index in [0.29, 0.717) is 13.1 Å². The number of hydrogen-bond acceptors (Lipinski definition) is 3. The van der Waals surface area contributed by atoms with E-state index < -0.39 is 11.7 Å². The molecule has 1 fully saturated rings. The second kappa shape index (κ2) is 6.29. The van der Waals surface area contributed by atoms with Crippen molar-refractivity contribution in [2.24, 2.45) is 0 Å². The number of likely N-dealkylation sites (tertiary alicyclic amines) is 1. The van der Waals surface area contributed by atoms with E-state index in [4.69, 9.17) is 4.74 Å². The van der Waals surface area contributed by atoms with Crippen LogP contribution in [0, 0.1) is 13.8 Å². The SMILES string of the molecule is Cc1cccc([C@H]2CCN(C(=O)OC(C)(C)C)C[C@H]2O)c1C. The molecule has 0 radical (unpaired) electrons. The number of benzene rings is 1. The van der Waals surface area contributed by atoms with Gasteiger partial charge in [-0.25, -0.2) is 4.79 Å². The summed E-state index contributed by atoms with van der Waals surface area (Å²) in [6, 6.07) is 6.20. The van der Waals surface area contributed by atoms with Gasteiger partial charge in [0.25, 0.3) is 0 Å². The standard InChI is InChI=1S/C18H27NO3/c1-12-7-6-8-14(13(12)2)15-9-10-19(11-16(15)20)17(21)22-18(3,4)5/h6-8,15-16,20H,9-11H2,1-5H3/t15-,16-/m1/s1. The molecule has 4 nitrogen and oxygen atoms in total. The summed E-state index contributed by atoms with van der Waals surface area (Å²) in [7, 11) is 0. The van der Waals surface area contributed by atoms with Crippen LogP contribution in [0.4, 0.5) is 4.79 Å². The Morgan fingerprint density at radius 2 is 2.00 bits per heavy atom. The van der Waals surface area contributed by atoms with Crippen molar-refractivity contribution in [1.29, 1.82) is 0 Å². The molecule has 0 bridgehead atoms. The van der Waals surface area contributed by atoms with Crippen LogP contribution in [0.5, 0.6) is 0 Å². The van der Waals surface area contributed by atoms with Crippen LogP contribution in [-0.4, -0.2) is 40.9 Å². The van der Waals surface area contributed by atoms with Crippen molar-refractivity contribution in [1.82, 2.24) is 4.90 Å². The fourth-order valence-corrected chi connectivity index (χ4v) is 2.96. The predicted molar refractivity (Wildman–Crippen MR) is 87.1 cm³/mol. The minimum Gasteiger partial charge on any atom is -0.444 e. The van der Waals surface area contributed by atoms with Crippen LogP contribution in [0.3, 0.4) is 0 Å². The van der Waals surface area contributed by atoms with Gasteiger partial charge in [0.2, 0.25) is 0 Å². The number of aliphatic hydroxyl groups is 1. The Balaban J connectivity index is 2.07. The zero-order chi connectivity index (χ0) is 16.5. The Labute approximate surface area is 133 Å². The first-order valence-corrected chi connectivity index (χ1v) is 7.91. The predicted octanol–water partition coefficient (Wildman–Crippen LogP) is 3.39. The molecule has 2 rings (SSSR count). The van der Waals surface area contributed by atoms with E-state index in [9.17, 15) is 9.90 Å². The maximum atomic E-state index is 12.1. The van der Waals surface area contributed by atoms with E-state index in [2.05, 4.69) is 26.0 Å². The molecule has 1 aromatic rings. The summed E-state index contributed by atoms with van der Waals surface area (Å²) in [5.74, 6) is 0.0820. The third-order valence-electron chi connectivity index (χ3n) is 4.28. The zero-order valence-corrected chi connectivity index (χ0v) is 14.2. The number of amides is 1. The molecular formula is C18H27NO3. The van der Waals surface area contributed by atoms with Crippen molar-refractivity contribution in [3.05, 3.63) is 34.9 Å². The van der Waals surface area contributed by atoms with Crippen LogP contribution in [0.1, 0.15) is 49.8 Å². The molecule has 2 atom stereocenters. The van der Waals surface area contributed by atoms with E-state index in [0.717, 1.165) is 6.42 Å². The number of ether oxygens (including phenoxy) is 1. The van der Waals surface area contributed by atoms with Crippen molar-refractivity contribution in [2.75, 3.05) is 13.1 Å². The zero-order valence-electron chi connectivity index (χ0n) is 14.2. The van der Waals surface area contributed by atoms with Gasteiger partial charge in [-0.15, -0.1) is 0 Å². The molecule has 1 heterocycles. The number of carbonyl (C=O) groups excluding carboxylic acids is 1. The molecule has 1 aliphatic rings. The quantitative estimate of drug-likeness (QED) is 0.865. The van der Waals surface area contributed by atoms with Crippen molar-refractivity contribution in [2.45, 2.75) is 58.7 Å². The van der Waals surface area contributed by atoms with Crippen LogP contribution in [-0.2, 0) is 4.74 Å². The van der Waals surface area contributed by atoms with Gasteiger partial charge in [0.1, 0.15) is 5.60 Å². The Kier molecular flexibility index (Phi) is 4.81. The summed E-state index contributed by atoms with van der Waals surface area (Å²) in [5.41, 5.74) is 3.15. The Hall–Kier alpha value is -1.55. The Morgan fingerprint density at radius 3 is 2.59 bits per heavy atom. The molecular weight excluding hydrogens is 278 g/mol. The third-order valence-corrected chi connectivity index (χ3v) is 4.28. The van der Waals surface area contributed by atoms with Gasteiger partial charge in [0, 0.05) is 12.5 Å². The van der Waals surface area contributed by atoms with E-state index in [-0.39, 0.29) is 12.0 Å². The van der Waals surface area contributed by atoms with Gasteiger partial charge < -0.3 is 14.7 Å². The number of aliphatic hydroxyl groups excluding tert-OH is 1. The minimum atomic E-state index is -0.554.